The van der Waals surface area contributed by atoms with E-state index < -0.39 is 0 Å². The molecule has 3 fully saturated rings. The van der Waals surface area contributed by atoms with Gasteiger partial charge in [-0.1, -0.05) is 19.3 Å². The summed E-state index contributed by atoms with van der Waals surface area (Å²) >= 11 is 0. The Morgan fingerprint density at radius 2 is 1.89 bits per heavy atom. The highest BCUT2D eigenvalue weighted by Crippen LogP contribution is 2.60. The van der Waals surface area contributed by atoms with Crippen molar-refractivity contribution in [2.24, 2.45) is 11.3 Å². The number of nitrogens with one attached hydrogen (secondary N) is 2. The molecule has 1 unspecified atom stereocenters. The summed E-state index contributed by atoms with van der Waals surface area (Å²) in [4.78, 5) is 12.2. The molecule has 1 amide bonds. The average Bonchev–Trinajstić information content (AvgIpc) is 3.18. The van der Waals surface area contributed by atoms with E-state index in [0.29, 0.717) is 5.41 Å². The number of hydrogen-bond donors (Lipinski definition) is 2. The van der Waals surface area contributed by atoms with Gasteiger partial charge in [0.15, 0.2) is 0 Å². The van der Waals surface area contributed by atoms with Crippen LogP contribution in [-0.4, -0.2) is 25.0 Å². The van der Waals surface area contributed by atoms with Crippen LogP contribution >= 0.6 is 0 Å². The highest BCUT2D eigenvalue weighted by molar-refractivity contribution is 5.81. The van der Waals surface area contributed by atoms with Gasteiger partial charge in [0.05, 0.1) is 6.04 Å². The van der Waals surface area contributed by atoms with Gasteiger partial charge in [0.25, 0.3) is 0 Å². The monoisotopic (exact) mass is 250 g/mol. The molecule has 0 radical (unpaired) electrons. The first-order valence-electron chi connectivity index (χ1n) is 7.81. The topological polar surface area (TPSA) is 41.1 Å². The van der Waals surface area contributed by atoms with Crippen LogP contribution in [0.2, 0.25) is 0 Å². The third-order valence-electron chi connectivity index (χ3n) is 5.08. The molecule has 0 aromatic heterocycles. The first kappa shape index (κ1) is 12.5. The third kappa shape index (κ3) is 2.87. The average molecular weight is 250 g/mol. The van der Waals surface area contributed by atoms with Crippen molar-refractivity contribution < 1.29 is 4.79 Å². The summed E-state index contributed by atoms with van der Waals surface area (Å²) in [6.07, 6.45) is 11.5. The van der Waals surface area contributed by atoms with E-state index >= 15 is 0 Å². The van der Waals surface area contributed by atoms with E-state index in [2.05, 4.69) is 10.6 Å². The zero-order valence-electron chi connectivity index (χ0n) is 11.3. The lowest BCUT2D eigenvalue weighted by molar-refractivity contribution is -0.123. The fraction of sp³-hybridized carbons (Fsp3) is 0.933. The van der Waals surface area contributed by atoms with Crippen LogP contribution in [0.3, 0.4) is 0 Å². The standard InChI is InChI=1S/C15H26N2O/c18-14(13-5-3-1-2-4-10-16-13)17-11-15(8-9-15)12-6-7-12/h12-13,16H,1-11H2,(H,17,18). The van der Waals surface area contributed by atoms with Gasteiger partial charge in [0, 0.05) is 6.54 Å². The minimum Gasteiger partial charge on any atom is -0.354 e. The number of amides is 1. The number of carbonyl (C=O) groups is 1. The van der Waals surface area contributed by atoms with Crippen molar-refractivity contribution >= 4 is 5.91 Å². The molecule has 3 rings (SSSR count). The molecule has 0 aromatic carbocycles. The molecular weight excluding hydrogens is 224 g/mol. The molecule has 1 atom stereocenters. The van der Waals surface area contributed by atoms with Crippen molar-refractivity contribution in [2.45, 2.75) is 63.8 Å². The molecule has 102 valence electrons. The van der Waals surface area contributed by atoms with Gasteiger partial charge in [-0.3, -0.25) is 4.79 Å². The van der Waals surface area contributed by atoms with Gasteiger partial charge in [-0.25, -0.2) is 0 Å². The first-order chi connectivity index (χ1) is 8.80. The van der Waals surface area contributed by atoms with Crippen molar-refractivity contribution in [2.75, 3.05) is 13.1 Å². The van der Waals surface area contributed by atoms with Crippen molar-refractivity contribution in [1.29, 1.82) is 0 Å². The van der Waals surface area contributed by atoms with Gasteiger partial charge in [0.1, 0.15) is 0 Å². The fourth-order valence-electron chi connectivity index (χ4n) is 3.40. The zero-order chi connectivity index (χ0) is 12.4. The molecule has 18 heavy (non-hydrogen) atoms. The van der Waals surface area contributed by atoms with E-state index in [-0.39, 0.29) is 11.9 Å². The summed E-state index contributed by atoms with van der Waals surface area (Å²) in [5.74, 6) is 1.19. The van der Waals surface area contributed by atoms with E-state index in [1.807, 2.05) is 0 Å². The summed E-state index contributed by atoms with van der Waals surface area (Å²) < 4.78 is 0. The van der Waals surface area contributed by atoms with Crippen LogP contribution in [0.1, 0.15) is 57.8 Å². The highest BCUT2D eigenvalue weighted by atomic mass is 16.2. The Kier molecular flexibility index (Phi) is 3.60. The maximum atomic E-state index is 12.2. The van der Waals surface area contributed by atoms with Crippen molar-refractivity contribution in [3.8, 4) is 0 Å². The molecule has 1 saturated heterocycles. The molecular formula is C15H26N2O. The second-order valence-electron chi connectivity index (χ2n) is 6.56. The lowest BCUT2D eigenvalue weighted by Crippen LogP contribution is -2.46. The minimum atomic E-state index is 0.0697. The van der Waals surface area contributed by atoms with Gasteiger partial charge in [-0.15, -0.1) is 0 Å². The fourth-order valence-corrected chi connectivity index (χ4v) is 3.40. The highest BCUT2D eigenvalue weighted by Gasteiger charge is 2.53. The van der Waals surface area contributed by atoms with E-state index in [9.17, 15) is 4.79 Å². The quantitative estimate of drug-likeness (QED) is 0.803. The van der Waals surface area contributed by atoms with E-state index in [0.717, 1.165) is 25.4 Å². The van der Waals surface area contributed by atoms with Crippen molar-refractivity contribution in [3.63, 3.8) is 0 Å². The molecule has 3 heteroatoms. The normalized spacial score (nSPS) is 31.2. The van der Waals surface area contributed by atoms with E-state index in [1.165, 1.54) is 51.4 Å². The minimum absolute atomic E-state index is 0.0697. The molecule has 2 N–H and O–H groups in total. The molecule has 1 aliphatic heterocycles. The van der Waals surface area contributed by atoms with Gasteiger partial charge in [-0.2, -0.15) is 0 Å². The third-order valence-corrected chi connectivity index (χ3v) is 5.08. The lowest BCUT2D eigenvalue weighted by atomic mass is 9.99. The van der Waals surface area contributed by atoms with E-state index in [4.69, 9.17) is 0 Å². The first-order valence-corrected chi connectivity index (χ1v) is 7.81. The molecule has 2 saturated carbocycles. The maximum Gasteiger partial charge on any atom is 0.237 e. The predicted octanol–water partition coefficient (Wildman–Crippen LogP) is 2.22. The van der Waals surface area contributed by atoms with Crippen molar-refractivity contribution in [3.05, 3.63) is 0 Å². The van der Waals surface area contributed by atoms with Gasteiger partial charge in [-0.05, 0) is 56.4 Å². The van der Waals surface area contributed by atoms with Crippen LogP contribution in [0.5, 0.6) is 0 Å². The van der Waals surface area contributed by atoms with Crippen LogP contribution in [0, 0.1) is 11.3 Å². The van der Waals surface area contributed by atoms with Crippen LogP contribution in [0.15, 0.2) is 0 Å². The molecule has 1 heterocycles. The number of carbonyl (C=O) groups excluding carboxylic acids is 1. The van der Waals surface area contributed by atoms with Crippen LogP contribution in [0.25, 0.3) is 0 Å². The summed E-state index contributed by atoms with van der Waals surface area (Å²) in [6, 6.07) is 0.0697. The van der Waals surface area contributed by atoms with Gasteiger partial charge in [0.2, 0.25) is 5.91 Å². The smallest absolute Gasteiger partial charge is 0.237 e. The lowest BCUT2D eigenvalue weighted by Gasteiger charge is -2.22. The molecule has 0 bridgehead atoms. The second-order valence-corrected chi connectivity index (χ2v) is 6.56. The second kappa shape index (κ2) is 5.20. The van der Waals surface area contributed by atoms with Gasteiger partial charge < -0.3 is 10.6 Å². The Bertz CT molecular complexity index is 300. The molecule has 0 aromatic rings. The summed E-state index contributed by atoms with van der Waals surface area (Å²) in [6.45, 7) is 1.94. The SMILES string of the molecule is O=C(NCC1(C2CC2)CC1)C1CCCCCCN1. The van der Waals surface area contributed by atoms with Crippen LogP contribution < -0.4 is 10.6 Å². The molecule has 2 aliphatic carbocycles. The van der Waals surface area contributed by atoms with Gasteiger partial charge >= 0.3 is 0 Å². The Morgan fingerprint density at radius 3 is 2.61 bits per heavy atom. The summed E-state index contributed by atoms with van der Waals surface area (Å²) in [5.41, 5.74) is 0.525. The Morgan fingerprint density at radius 1 is 1.11 bits per heavy atom. The maximum absolute atomic E-state index is 12.2. The Labute approximate surface area is 110 Å². The predicted molar refractivity (Wildman–Crippen MR) is 72.3 cm³/mol. The summed E-state index contributed by atoms with van der Waals surface area (Å²) in [7, 11) is 0. The Hall–Kier alpha value is -0.570. The molecule has 0 spiro atoms. The van der Waals surface area contributed by atoms with Crippen LogP contribution in [-0.2, 0) is 4.79 Å². The molecule has 3 nitrogen and oxygen atoms in total. The van der Waals surface area contributed by atoms with E-state index in [1.54, 1.807) is 0 Å². The zero-order valence-corrected chi connectivity index (χ0v) is 11.3. The number of hydrogen-bond acceptors (Lipinski definition) is 2. The summed E-state index contributed by atoms with van der Waals surface area (Å²) in [5, 5.41) is 6.63. The Balaban J connectivity index is 1.44. The largest absolute Gasteiger partial charge is 0.354 e. The van der Waals surface area contributed by atoms with Crippen molar-refractivity contribution in [1.82, 2.24) is 10.6 Å². The molecule has 3 aliphatic rings. The number of rotatable bonds is 4. The van der Waals surface area contributed by atoms with Crippen LogP contribution in [0.4, 0.5) is 0 Å².